The summed E-state index contributed by atoms with van der Waals surface area (Å²) in [6.45, 7) is 0.0134. The number of anilines is 1. The van der Waals surface area contributed by atoms with Crippen LogP contribution in [-0.4, -0.2) is 117 Å². The molecule has 3 fully saturated rings. The molecule has 0 aliphatic carbocycles. The molecule has 48 heavy (non-hydrogen) atoms. The number of rotatable bonds is 5. The molecule has 3 aliphatic rings. The van der Waals surface area contributed by atoms with E-state index >= 15 is 0 Å². The zero-order valence-electron chi connectivity index (χ0n) is 24.9. The number of aliphatic hydroxyl groups excluding tert-OH is 3. The maximum Gasteiger partial charge on any atom is 0.472 e. The first-order chi connectivity index (χ1) is 22.9. The van der Waals surface area contributed by atoms with Crippen molar-refractivity contribution in [3.05, 3.63) is 47.0 Å². The van der Waals surface area contributed by atoms with E-state index in [1.54, 1.807) is 13.0 Å². The average Bonchev–Trinajstić information content (AvgIpc) is 3.79. The number of phosphoric acid groups is 2. The quantitative estimate of drug-likeness (QED) is 0.127. The highest BCUT2D eigenvalue weighted by Gasteiger charge is 2.53. The standard InChI is InChI=1S/C25H31N7O14P2/c1-11-29-22-13(23(36)30-11)3-6-32(22)25-19-16(34)14(43-25)8-41-47(37,38)45-18-15(9-42-48(39,40)46-19)44-24(17(18)35)31-5-2-12-20(26-4-7-33)27-10-28-21(12)31/h2-3,5-6,10,14-19,24-25,33-35H,4,7-9H2,1H3,(H,37,38)(H,39,40)(H,26,27,28)(H,29,30,36)/t14-,15-,16?,17+,18?,19+,24-,25-/m1/s1. The van der Waals surface area contributed by atoms with E-state index in [9.17, 15) is 39.0 Å². The Labute approximate surface area is 269 Å². The van der Waals surface area contributed by atoms with Gasteiger partial charge in [-0.3, -0.25) is 22.9 Å². The Kier molecular flexibility index (Phi) is 8.78. The number of nitrogens with zero attached hydrogens (tertiary/aromatic N) is 5. The highest BCUT2D eigenvalue weighted by Crippen LogP contribution is 2.53. The van der Waals surface area contributed by atoms with Crippen molar-refractivity contribution in [3.8, 4) is 0 Å². The fourth-order valence-corrected chi connectivity index (χ4v) is 7.86. The summed E-state index contributed by atoms with van der Waals surface area (Å²) in [5.74, 6) is 0.641. The first-order valence-corrected chi connectivity index (χ1v) is 17.6. The summed E-state index contributed by atoms with van der Waals surface area (Å²) >= 11 is 0. The molecule has 0 spiro atoms. The summed E-state index contributed by atoms with van der Waals surface area (Å²) in [6.07, 6.45) is -8.06. The van der Waals surface area contributed by atoms with Crippen LogP contribution in [0.5, 0.6) is 0 Å². The SMILES string of the molecule is Cc1nc2c(ccn2[C@@H]2O[C@@H]3COP(=O)(O)OC4[C@@H](COP(=O)(O)O[C@H]2C3O)O[C@@H](n2ccc3c(NCCO)ncnc32)[C@H]4O)c(=O)[nH]1. The van der Waals surface area contributed by atoms with Crippen molar-refractivity contribution in [1.82, 2.24) is 29.1 Å². The van der Waals surface area contributed by atoms with Crippen LogP contribution in [0.3, 0.4) is 0 Å². The lowest BCUT2D eigenvalue weighted by Gasteiger charge is -2.26. The maximum absolute atomic E-state index is 13.3. The Balaban J connectivity index is 1.19. The average molecular weight is 716 g/mol. The smallest absolute Gasteiger partial charge is 0.395 e. The Morgan fingerprint density at radius 2 is 1.56 bits per heavy atom. The van der Waals surface area contributed by atoms with Crippen LogP contribution in [0.1, 0.15) is 18.3 Å². The zero-order valence-corrected chi connectivity index (χ0v) is 26.7. The molecule has 4 unspecified atom stereocenters. The summed E-state index contributed by atoms with van der Waals surface area (Å²) < 4.78 is 62.2. The molecular formula is C25H31N7O14P2. The molecule has 7 rings (SSSR count). The van der Waals surface area contributed by atoms with Crippen LogP contribution in [0.15, 0.2) is 35.6 Å². The molecule has 0 radical (unpaired) electrons. The molecule has 7 N–H and O–H groups in total. The molecule has 0 aromatic carbocycles. The van der Waals surface area contributed by atoms with Gasteiger partial charge in [-0.2, -0.15) is 0 Å². The minimum absolute atomic E-state index is 0.107. The molecule has 3 aliphatic heterocycles. The third kappa shape index (κ3) is 6.11. The molecule has 21 nitrogen and oxygen atoms in total. The number of hydrogen-bond donors (Lipinski definition) is 7. The van der Waals surface area contributed by atoms with E-state index in [0.717, 1.165) is 0 Å². The molecule has 260 valence electrons. The van der Waals surface area contributed by atoms with Crippen molar-refractivity contribution in [3.63, 3.8) is 0 Å². The normalized spacial score (nSPS) is 36.0. The van der Waals surface area contributed by atoms with Crippen molar-refractivity contribution in [2.45, 2.75) is 56.0 Å². The van der Waals surface area contributed by atoms with Crippen LogP contribution < -0.4 is 10.9 Å². The van der Waals surface area contributed by atoms with Crippen LogP contribution in [-0.2, 0) is 36.7 Å². The van der Waals surface area contributed by atoms with E-state index < -0.39 is 83.5 Å². The number of aromatic amines is 1. The number of aryl methyl sites for hydroxylation is 1. The first kappa shape index (κ1) is 33.4. The lowest BCUT2D eigenvalue weighted by molar-refractivity contribution is -0.0670. The lowest BCUT2D eigenvalue weighted by atomic mass is 10.1. The molecule has 4 aromatic heterocycles. The maximum atomic E-state index is 13.3. The number of aliphatic hydroxyl groups is 3. The largest absolute Gasteiger partial charge is 0.472 e. The number of phosphoric ester groups is 2. The van der Waals surface area contributed by atoms with Gasteiger partial charge < -0.3 is 54.0 Å². The van der Waals surface area contributed by atoms with Gasteiger partial charge in [-0.15, -0.1) is 0 Å². The van der Waals surface area contributed by atoms with Gasteiger partial charge in [0.15, 0.2) is 12.5 Å². The van der Waals surface area contributed by atoms with E-state index in [4.69, 9.17) is 27.6 Å². The van der Waals surface area contributed by atoms with Crippen LogP contribution in [0, 0.1) is 6.92 Å². The van der Waals surface area contributed by atoms with Gasteiger partial charge in [-0.05, 0) is 19.1 Å². The number of H-pyrrole nitrogens is 1. The van der Waals surface area contributed by atoms with Gasteiger partial charge in [-0.25, -0.2) is 24.1 Å². The van der Waals surface area contributed by atoms with Gasteiger partial charge in [0.2, 0.25) is 0 Å². The molecule has 10 atom stereocenters. The van der Waals surface area contributed by atoms with E-state index in [0.29, 0.717) is 11.2 Å². The van der Waals surface area contributed by atoms with Gasteiger partial charge in [0.05, 0.1) is 30.6 Å². The number of fused-ring (bicyclic) bond motifs is 5. The summed E-state index contributed by atoms with van der Waals surface area (Å²) in [4.78, 5) is 49.2. The van der Waals surface area contributed by atoms with Crippen molar-refractivity contribution >= 4 is 43.5 Å². The Bertz CT molecular complexity index is 1990. The predicted octanol–water partition coefficient (Wildman–Crippen LogP) is -0.583. The van der Waals surface area contributed by atoms with E-state index in [-0.39, 0.29) is 35.7 Å². The van der Waals surface area contributed by atoms with Gasteiger partial charge in [-0.1, -0.05) is 0 Å². The number of hydrogen-bond acceptors (Lipinski definition) is 16. The molecule has 3 saturated heterocycles. The number of ether oxygens (including phenoxy) is 2. The van der Waals surface area contributed by atoms with Crippen molar-refractivity contribution in [1.29, 1.82) is 0 Å². The van der Waals surface area contributed by atoms with Crippen LogP contribution in [0.25, 0.3) is 22.1 Å². The highest BCUT2D eigenvalue weighted by molar-refractivity contribution is 7.47. The van der Waals surface area contributed by atoms with E-state index in [1.807, 2.05) is 0 Å². The first-order valence-electron chi connectivity index (χ1n) is 14.6. The fraction of sp³-hybridized carbons (Fsp3) is 0.520. The molecule has 4 aromatic rings. The Morgan fingerprint density at radius 1 is 0.917 bits per heavy atom. The molecular weight excluding hydrogens is 684 g/mol. The van der Waals surface area contributed by atoms with Crippen LogP contribution in [0.4, 0.5) is 5.82 Å². The second-order valence-electron chi connectivity index (χ2n) is 11.2. The minimum Gasteiger partial charge on any atom is -0.395 e. The number of aromatic nitrogens is 6. The predicted molar refractivity (Wildman–Crippen MR) is 159 cm³/mol. The summed E-state index contributed by atoms with van der Waals surface area (Å²) in [5.41, 5.74) is -0.0766. The van der Waals surface area contributed by atoms with Gasteiger partial charge in [0.1, 0.15) is 65.9 Å². The second-order valence-corrected chi connectivity index (χ2v) is 14.0. The van der Waals surface area contributed by atoms with Crippen molar-refractivity contribution in [2.75, 3.05) is 31.7 Å². The monoisotopic (exact) mass is 715 g/mol. The lowest BCUT2D eigenvalue weighted by Crippen LogP contribution is -2.36. The Hall–Kier alpha value is -3.14. The fourth-order valence-electron chi connectivity index (χ4n) is 5.96. The van der Waals surface area contributed by atoms with Gasteiger partial charge in [0, 0.05) is 18.9 Å². The van der Waals surface area contributed by atoms with Crippen molar-refractivity contribution < 1.29 is 61.8 Å². The molecule has 23 heteroatoms. The summed E-state index contributed by atoms with van der Waals surface area (Å²) in [5, 5.41) is 35.2. The third-order valence-corrected chi connectivity index (χ3v) is 10.1. The van der Waals surface area contributed by atoms with Gasteiger partial charge in [0.25, 0.3) is 5.56 Å². The van der Waals surface area contributed by atoms with Crippen LogP contribution in [0.2, 0.25) is 0 Å². The molecule has 7 heterocycles. The van der Waals surface area contributed by atoms with E-state index in [1.165, 1.54) is 33.9 Å². The topological polar surface area (TPSA) is 284 Å². The highest BCUT2D eigenvalue weighted by atomic mass is 31.2. The summed E-state index contributed by atoms with van der Waals surface area (Å²) in [7, 11) is -10.1. The Morgan fingerprint density at radius 3 is 2.29 bits per heavy atom. The molecule has 0 saturated carbocycles. The van der Waals surface area contributed by atoms with Crippen molar-refractivity contribution in [2.24, 2.45) is 0 Å². The van der Waals surface area contributed by atoms with E-state index in [2.05, 4.69) is 25.3 Å². The van der Waals surface area contributed by atoms with Crippen LogP contribution >= 0.6 is 15.6 Å². The zero-order chi connectivity index (χ0) is 34.0. The minimum atomic E-state index is -5.08. The molecule has 2 bridgehead atoms. The third-order valence-electron chi connectivity index (χ3n) is 8.10. The molecule has 0 amide bonds. The number of nitrogens with one attached hydrogen (secondary N) is 2. The second kappa shape index (κ2) is 12.6. The summed E-state index contributed by atoms with van der Waals surface area (Å²) in [6, 6.07) is 3.04. The van der Waals surface area contributed by atoms with Gasteiger partial charge >= 0.3 is 15.6 Å².